The molecule has 0 aliphatic carbocycles. The van der Waals surface area contributed by atoms with Gasteiger partial charge in [-0.15, -0.1) is 11.3 Å². The van der Waals surface area contributed by atoms with Gasteiger partial charge in [0.25, 0.3) is 5.91 Å². The molecule has 2 heterocycles. The van der Waals surface area contributed by atoms with Gasteiger partial charge in [-0.3, -0.25) is 4.79 Å². The minimum absolute atomic E-state index is 0.110. The zero-order chi connectivity index (χ0) is 19.0. The highest BCUT2D eigenvalue weighted by molar-refractivity contribution is 7.21. The topological polar surface area (TPSA) is 77.2 Å². The minimum atomic E-state index is -0.502. The van der Waals surface area contributed by atoms with Crippen molar-refractivity contribution < 1.29 is 13.9 Å². The van der Waals surface area contributed by atoms with Gasteiger partial charge < -0.3 is 15.8 Å². The van der Waals surface area contributed by atoms with Crippen molar-refractivity contribution in [3.05, 3.63) is 59.2 Å². The molecule has 136 valence electrons. The molecule has 0 aliphatic rings. The molecule has 4 rings (SSSR count). The van der Waals surface area contributed by atoms with Gasteiger partial charge >= 0.3 is 0 Å². The fraction of sp³-hybridized carbons (Fsp3) is 0.100. The number of nitrogens with zero attached hydrogens (tertiary/aromatic N) is 1. The number of halogens is 1. The van der Waals surface area contributed by atoms with Gasteiger partial charge in [0.1, 0.15) is 21.3 Å². The lowest BCUT2D eigenvalue weighted by Gasteiger charge is -2.05. The summed E-state index contributed by atoms with van der Waals surface area (Å²) in [5, 5.41) is 4.13. The van der Waals surface area contributed by atoms with Crippen LogP contribution in [-0.2, 0) is 0 Å². The average molecular weight is 381 g/mol. The van der Waals surface area contributed by atoms with Crippen molar-refractivity contribution in [3.63, 3.8) is 0 Å². The van der Waals surface area contributed by atoms with Crippen molar-refractivity contribution in [3.8, 4) is 5.75 Å². The van der Waals surface area contributed by atoms with Gasteiger partial charge in [0.2, 0.25) is 0 Å². The molecule has 3 N–H and O–H groups in total. The Morgan fingerprint density at radius 2 is 2.07 bits per heavy atom. The van der Waals surface area contributed by atoms with Gasteiger partial charge in [-0.1, -0.05) is 12.1 Å². The van der Waals surface area contributed by atoms with Gasteiger partial charge in [-0.25, -0.2) is 9.37 Å². The van der Waals surface area contributed by atoms with E-state index in [1.54, 1.807) is 12.1 Å². The summed E-state index contributed by atoms with van der Waals surface area (Å²) >= 11 is 1.18. The van der Waals surface area contributed by atoms with E-state index < -0.39 is 11.7 Å². The molecule has 2 aromatic heterocycles. The highest BCUT2D eigenvalue weighted by atomic mass is 32.1. The quantitative estimate of drug-likeness (QED) is 0.531. The molecule has 0 bridgehead atoms. The van der Waals surface area contributed by atoms with Crippen molar-refractivity contribution in [1.29, 1.82) is 0 Å². The van der Waals surface area contributed by atoms with Gasteiger partial charge in [0.05, 0.1) is 23.5 Å². The Morgan fingerprint density at radius 3 is 2.85 bits per heavy atom. The lowest BCUT2D eigenvalue weighted by atomic mass is 10.1. The number of benzene rings is 2. The Hall–Kier alpha value is -3.19. The fourth-order valence-corrected chi connectivity index (χ4v) is 3.83. The number of carbonyl (C=O) groups is 1. The Labute approximate surface area is 158 Å². The summed E-state index contributed by atoms with van der Waals surface area (Å²) in [5.41, 5.74) is 7.43. The van der Waals surface area contributed by atoms with Crippen LogP contribution in [0.2, 0.25) is 0 Å². The SMILES string of the molecule is CCOc1ccc2nc3sc(C(=O)Nc4ccccc4F)c(N)c3cc2c1. The first kappa shape index (κ1) is 17.2. The van der Waals surface area contributed by atoms with E-state index in [0.29, 0.717) is 27.4 Å². The molecule has 0 spiro atoms. The van der Waals surface area contributed by atoms with Crippen LogP contribution >= 0.6 is 11.3 Å². The Bertz CT molecular complexity index is 1170. The number of nitrogens with one attached hydrogen (secondary N) is 1. The Balaban J connectivity index is 1.75. The van der Waals surface area contributed by atoms with Gasteiger partial charge in [0, 0.05) is 10.8 Å². The summed E-state index contributed by atoms with van der Waals surface area (Å²) in [5.74, 6) is -0.213. The molecule has 0 unspecified atom stereocenters. The number of aromatic nitrogens is 1. The van der Waals surface area contributed by atoms with Crippen LogP contribution in [0.1, 0.15) is 16.6 Å². The number of amides is 1. The Kier molecular flexibility index (Phi) is 4.37. The number of nitrogens with two attached hydrogens (primary N) is 1. The monoisotopic (exact) mass is 381 g/mol. The number of nitrogen functional groups attached to an aromatic ring is 1. The number of rotatable bonds is 4. The summed E-state index contributed by atoms with van der Waals surface area (Å²) in [4.78, 5) is 18.2. The summed E-state index contributed by atoms with van der Waals surface area (Å²) < 4.78 is 19.3. The van der Waals surface area contributed by atoms with E-state index in [-0.39, 0.29) is 5.69 Å². The van der Waals surface area contributed by atoms with Crippen molar-refractivity contribution in [1.82, 2.24) is 4.98 Å². The van der Waals surface area contributed by atoms with Crippen molar-refractivity contribution in [2.24, 2.45) is 0 Å². The van der Waals surface area contributed by atoms with Gasteiger partial charge in [0.15, 0.2) is 0 Å². The van der Waals surface area contributed by atoms with E-state index in [1.165, 1.54) is 23.5 Å². The van der Waals surface area contributed by atoms with E-state index in [1.807, 2.05) is 31.2 Å². The first-order valence-corrected chi connectivity index (χ1v) is 9.20. The average Bonchev–Trinajstić information content (AvgIpc) is 2.98. The second-order valence-electron chi connectivity index (χ2n) is 5.91. The van der Waals surface area contributed by atoms with Gasteiger partial charge in [-0.05, 0) is 43.3 Å². The standard InChI is InChI=1S/C20H16FN3O2S/c1-2-26-12-7-8-15-11(9-12)10-13-17(22)18(27-20(13)24-15)19(25)23-16-6-4-3-5-14(16)21/h3-10H,2,22H2,1H3,(H,23,25). The zero-order valence-electron chi connectivity index (χ0n) is 14.5. The number of pyridine rings is 1. The molecule has 0 radical (unpaired) electrons. The number of hydrogen-bond acceptors (Lipinski definition) is 5. The number of ether oxygens (including phenoxy) is 1. The van der Waals surface area contributed by atoms with Gasteiger partial charge in [-0.2, -0.15) is 0 Å². The van der Waals surface area contributed by atoms with Crippen molar-refractivity contribution in [2.75, 3.05) is 17.7 Å². The predicted molar refractivity (Wildman–Crippen MR) is 107 cm³/mol. The third-order valence-corrected chi connectivity index (χ3v) is 5.24. The highest BCUT2D eigenvalue weighted by Gasteiger charge is 2.19. The fourth-order valence-electron chi connectivity index (χ4n) is 2.85. The van der Waals surface area contributed by atoms with Crippen LogP contribution in [0.25, 0.3) is 21.1 Å². The van der Waals surface area contributed by atoms with E-state index in [9.17, 15) is 9.18 Å². The molecular formula is C20H16FN3O2S. The molecule has 2 aromatic carbocycles. The number of fused-ring (bicyclic) bond motifs is 2. The molecular weight excluding hydrogens is 365 g/mol. The summed E-state index contributed by atoms with van der Waals surface area (Å²) in [6.07, 6.45) is 0. The van der Waals surface area contributed by atoms with Crippen molar-refractivity contribution in [2.45, 2.75) is 6.92 Å². The zero-order valence-corrected chi connectivity index (χ0v) is 15.3. The molecule has 0 atom stereocenters. The van der Waals surface area contributed by atoms with Crippen LogP contribution in [0.15, 0.2) is 48.5 Å². The molecule has 27 heavy (non-hydrogen) atoms. The summed E-state index contributed by atoms with van der Waals surface area (Å²) in [6, 6.07) is 13.5. The minimum Gasteiger partial charge on any atom is -0.494 e. The Morgan fingerprint density at radius 1 is 1.26 bits per heavy atom. The first-order chi connectivity index (χ1) is 13.1. The normalized spacial score (nSPS) is 11.0. The number of anilines is 2. The number of hydrogen-bond donors (Lipinski definition) is 2. The number of para-hydroxylation sites is 1. The van der Waals surface area contributed by atoms with E-state index >= 15 is 0 Å². The van der Waals surface area contributed by atoms with Crippen molar-refractivity contribution >= 4 is 49.7 Å². The predicted octanol–water partition coefficient (Wildman–Crippen LogP) is 4.82. The second-order valence-corrected chi connectivity index (χ2v) is 6.91. The van der Waals surface area contributed by atoms with E-state index in [2.05, 4.69) is 10.3 Å². The third-order valence-electron chi connectivity index (χ3n) is 4.12. The summed E-state index contributed by atoms with van der Waals surface area (Å²) in [6.45, 7) is 2.49. The van der Waals surface area contributed by atoms with Crippen LogP contribution < -0.4 is 15.8 Å². The smallest absolute Gasteiger partial charge is 0.268 e. The van der Waals surface area contributed by atoms with E-state index in [4.69, 9.17) is 10.5 Å². The molecule has 5 nitrogen and oxygen atoms in total. The van der Waals surface area contributed by atoms with Crippen LogP contribution in [0.4, 0.5) is 15.8 Å². The van der Waals surface area contributed by atoms with E-state index in [0.717, 1.165) is 16.7 Å². The highest BCUT2D eigenvalue weighted by Crippen LogP contribution is 2.35. The molecule has 4 aromatic rings. The maximum absolute atomic E-state index is 13.8. The lowest BCUT2D eigenvalue weighted by Crippen LogP contribution is -2.12. The third kappa shape index (κ3) is 3.17. The molecule has 0 aliphatic heterocycles. The molecule has 7 heteroatoms. The molecule has 0 fully saturated rings. The van der Waals surface area contributed by atoms with Crippen LogP contribution in [0.5, 0.6) is 5.75 Å². The maximum atomic E-state index is 13.8. The van der Waals surface area contributed by atoms with Crippen LogP contribution in [0, 0.1) is 5.82 Å². The molecule has 0 saturated carbocycles. The second kappa shape index (κ2) is 6.85. The largest absolute Gasteiger partial charge is 0.494 e. The maximum Gasteiger partial charge on any atom is 0.268 e. The first-order valence-electron chi connectivity index (χ1n) is 8.38. The van der Waals surface area contributed by atoms with Crippen LogP contribution in [-0.4, -0.2) is 17.5 Å². The van der Waals surface area contributed by atoms with Crippen LogP contribution in [0.3, 0.4) is 0 Å². The lowest BCUT2D eigenvalue weighted by molar-refractivity contribution is 0.103. The molecule has 1 amide bonds. The molecule has 0 saturated heterocycles. The number of thiophene rings is 1. The summed E-state index contributed by atoms with van der Waals surface area (Å²) in [7, 11) is 0. The number of carbonyl (C=O) groups excluding carboxylic acids is 1.